The van der Waals surface area contributed by atoms with Gasteiger partial charge in [0.2, 0.25) is 0 Å². The van der Waals surface area contributed by atoms with Gasteiger partial charge in [-0.3, -0.25) is 9.59 Å². The lowest BCUT2D eigenvalue weighted by atomic mass is 9.64. The second-order valence-corrected chi connectivity index (χ2v) is 11.0. The number of nitrogens with zero attached hydrogens (tertiary/aromatic N) is 4. The number of fused-ring (bicyclic) bond motifs is 4. The van der Waals surface area contributed by atoms with Gasteiger partial charge < -0.3 is 9.84 Å². The third-order valence-electron chi connectivity index (χ3n) is 7.89. The molecule has 2 amide bonds. The van der Waals surface area contributed by atoms with Crippen LogP contribution in [0.5, 0.6) is 11.5 Å². The van der Waals surface area contributed by atoms with Gasteiger partial charge in [0.25, 0.3) is 11.8 Å². The number of carbonyl (C=O) groups is 2. The monoisotopic (exact) mass is 574 g/mol. The van der Waals surface area contributed by atoms with E-state index in [1.165, 1.54) is 53.9 Å². The largest absolute Gasteiger partial charge is 0.504 e. The number of hydrogen-bond donors (Lipinski definition) is 1. The summed E-state index contributed by atoms with van der Waals surface area (Å²) in [6, 6.07) is 8.22. The van der Waals surface area contributed by atoms with E-state index in [1.54, 1.807) is 6.08 Å². The Labute approximate surface area is 230 Å². The molecular formula is C26H21Cl2FN4O6. The molecule has 6 rings (SSSR count). The van der Waals surface area contributed by atoms with Crippen molar-refractivity contribution in [1.82, 2.24) is 13.9 Å². The van der Waals surface area contributed by atoms with Crippen LogP contribution in [0.2, 0.25) is 0 Å². The number of carbonyl (C=O) groups excluding carboxylic acids is 2. The van der Waals surface area contributed by atoms with Crippen LogP contribution in [0.15, 0.2) is 63.7 Å². The lowest BCUT2D eigenvalue weighted by molar-refractivity contribution is -0.122. The molecule has 2 aromatic carbocycles. The van der Waals surface area contributed by atoms with Gasteiger partial charge in [0.15, 0.2) is 21.2 Å². The maximum absolute atomic E-state index is 14.2. The van der Waals surface area contributed by atoms with E-state index in [0.29, 0.717) is 11.1 Å². The van der Waals surface area contributed by atoms with Crippen molar-refractivity contribution in [2.45, 2.75) is 34.7 Å². The van der Waals surface area contributed by atoms with Gasteiger partial charge in [0.1, 0.15) is 5.82 Å². The van der Waals surface area contributed by atoms with Gasteiger partial charge in [-0.15, -0.1) is 23.2 Å². The number of amides is 2. The highest BCUT2D eigenvalue weighted by molar-refractivity contribution is 6.58. The topological polar surface area (TPSA) is 116 Å². The molecule has 2 aliphatic heterocycles. The van der Waals surface area contributed by atoms with Crippen molar-refractivity contribution in [3.63, 3.8) is 0 Å². The van der Waals surface area contributed by atoms with Crippen LogP contribution >= 0.6 is 23.2 Å². The summed E-state index contributed by atoms with van der Waals surface area (Å²) in [6.07, 6.45) is 1.43. The minimum Gasteiger partial charge on any atom is -0.504 e. The molecule has 202 valence electrons. The minimum absolute atomic E-state index is 0.0124. The maximum atomic E-state index is 14.2. The number of rotatable bonds is 3. The van der Waals surface area contributed by atoms with E-state index in [0.717, 1.165) is 21.6 Å². The van der Waals surface area contributed by atoms with Gasteiger partial charge in [0.05, 0.1) is 25.4 Å². The normalized spacial score (nSPS) is 27.6. The molecule has 2 fully saturated rings. The standard InChI is InChI=1S/C26H21Cl2FN4O6/c1-30-23(37)31-10-9-16-17(33(31)24(30)38)12-25(27)21(35)32(15-6-4-14(29)5-7-15)22(36)26(25,28)20(16)13-3-8-18(34)19(11-13)39-2/h3-9,11,17,20,34H,10,12H2,1-2H3/t17-,20+,25-,26+/m1/s1. The molecule has 0 radical (unpaired) electrons. The molecule has 3 heterocycles. The van der Waals surface area contributed by atoms with E-state index < -0.39 is 50.7 Å². The van der Waals surface area contributed by atoms with Crippen LogP contribution in [0.3, 0.4) is 0 Å². The van der Waals surface area contributed by atoms with Gasteiger partial charge in [-0.1, -0.05) is 12.1 Å². The molecule has 1 aromatic heterocycles. The third-order valence-corrected chi connectivity index (χ3v) is 9.30. The predicted molar refractivity (Wildman–Crippen MR) is 139 cm³/mol. The molecule has 10 nitrogen and oxygen atoms in total. The number of imide groups is 1. The van der Waals surface area contributed by atoms with Crippen LogP contribution in [0.4, 0.5) is 10.1 Å². The van der Waals surface area contributed by atoms with Gasteiger partial charge in [-0.05, 0) is 47.5 Å². The highest BCUT2D eigenvalue weighted by Gasteiger charge is 2.75. The summed E-state index contributed by atoms with van der Waals surface area (Å²) in [6.45, 7) is 0.0124. The van der Waals surface area contributed by atoms with E-state index in [-0.39, 0.29) is 30.2 Å². The number of phenols is 1. The second kappa shape index (κ2) is 8.33. The SMILES string of the molecule is COc1cc([C@H]2C3=CCn4c(=O)n(C)c(=O)n4[C@@H]3C[C@@]3(Cl)C(=O)N(c4ccc(F)cc4)C(=O)[C@@]23Cl)ccc1O. The summed E-state index contributed by atoms with van der Waals surface area (Å²) in [4.78, 5) is 50.8. The Hall–Kier alpha value is -3.83. The summed E-state index contributed by atoms with van der Waals surface area (Å²) in [7, 11) is 2.70. The lowest BCUT2D eigenvalue weighted by Gasteiger charge is -2.49. The quantitative estimate of drug-likeness (QED) is 0.292. The summed E-state index contributed by atoms with van der Waals surface area (Å²) < 4.78 is 22.4. The number of allylic oxidation sites excluding steroid dienone is 2. The van der Waals surface area contributed by atoms with Crippen LogP contribution in [0.25, 0.3) is 0 Å². The number of benzene rings is 2. The number of aromatic nitrogens is 3. The fourth-order valence-electron chi connectivity index (χ4n) is 6.02. The number of hydrogen-bond acceptors (Lipinski definition) is 6. The Kier molecular flexibility index (Phi) is 5.44. The molecule has 1 saturated carbocycles. The molecule has 39 heavy (non-hydrogen) atoms. The number of methoxy groups -OCH3 is 1. The second-order valence-electron chi connectivity index (χ2n) is 9.77. The van der Waals surface area contributed by atoms with Crippen molar-refractivity contribution in [3.05, 3.63) is 86.5 Å². The number of alkyl halides is 2. The summed E-state index contributed by atoms with van der Waals surface area (Å²) >= 11 is 14.4. The van der Waals surface area contributed by atoms with Gasteiger partial charge >= 0.3 is 11.4 Å². The Balaban J connectivity index is 1.63. The van der Waals surface area contributed by atoms with Crippen molar-refractivity contribution in [3.8, 4) is 11.5 Å². The Morgan fingerprint density at radius 2 is 1.72 bits per heavy atom. The average Bonchev–Trinajstić information content (AvgIpc) is 3.23. The molecule has 1 aliphatic carbocycles. The zero-order valence-electron chi connectivity index (χ0n) is 20.6. The lowest BCUT2D eigenvalue weighted by Crippen LogP contribution is -2.59. The van der Waals surface area contributed by atoms with Crippen molar-refractivity contribution < 1.29 is 23.8 Å². The highest BCUT2D eigenvalue weighted by atomic mass is 35.5. The molecule has 0 spiro atoms. The molecule has 1 saturated heterocycles. The van der Waals surface area contributed by atoms with Crippen LogP contribution in [0.1, 0.15) is 23.9 Å². The number of anilines is 1. The van der Waals surface area contributed by atoms with Crippen molar-refractivity contribution in [2.75, 3.05) is 12.0 Å². The summed E-state index contributed by atoms with van der Waals surface area (Å²) in [5.74, 6) is -3.38. The van der Waals surface area contributed by atoms with Crippen LogP contribution < -0.4 is 21.0 Å². The molecule has 3 aliphatic rings. The van der Waals surface area contributed by atoms with Crippen molar-refractivity contribution in [2.24, 2.45) is 7.05 Å². The number of aromatic hydroxyl groups is 1. The fraction of sp³-hybridized carbons (Fsp3) is 0.308. The smallest absolute Gasteiger partial charge is 0.347 e. The highest BCUT2D eigenvalue weighted by Crippen LogP contribution is 2.64. The van der Waals surface area contributed by atoms with Gasteiger partial charge in [0, 0.05) is 19.4 Å². The molecule has 3 aromatic rings. The Morgan fingerprint density at radius 1 is 1.03 bits per heavy atom. The average molecular weight is 575 g/mol. The number of ether oxygens (including phenoxy) is 1. The molecule has 4 atom stereocenters. The fourth-order valence-corrected chi connectivity index (χ4v) is 6.93. The van der Waals surface area contributed by atoms with Crippen LogP contribution in [-0.2, 0) is 23.2 Å². The van der Waals surface area contributed by atoms with E-state index in [2.05, 4.69) is 0 Å². The van der Waals surface area contributed by atoms with Crippen molar-refractivity contribution in [1.29, 1.82) is 0 Å². The zero-order chi connectivity index (χ0) is 28.0. The van der Waals surface area contributed by atoms with Gasteiger partial charge in [-0.25, -0.2) is 32.8 Å². The van der Waals surface area contributed by atoms with E-state index in [9.17, 15) is 28.7 Å². The maximum Gasteiger partial charge on any atom is 0.347 e. The Bertz CT molecular complexity index is 1730. The number of halogens is 3. The van der Waals surface area contributed by atoms with Crippen LogP contribution in [-0.4, -0.2) is 47.7 Å². The first-order valence-corrected chi connectivity index (χ1v) is 12.7. The first-order chi connectivity index (χ1) is 18.5. The predicted octanol–water partition coefficient (Wildman–Crippen LogP) is 2.40. The van der Waals surface area contributed by atoms with E-state index in [4.69, 9.17) is 27.9 Å². The number of phenolic OH excluding ortho intramolecular Hbond substituents is 1. The molecule has 0 bridgehead atoms. The molecular weight excluding hydrogens is 554 g/mol. The zero-order valence-corrected chi connectivity index (χ0v) is 22.1. The van der Waals surface area contributed by atoms with E-state index in [1.807, 2.05) is 0 Å². The molecule has 0 unspecified atom stereocenters. The van der Waals surface area contributed by atoms with Crippen molar-refractivity contribution >= 4 is 40.7 Å². The molecule has 13 heteroatoms. The minimum atomic E-state index is -2.09. The Morgan fingerprint density at radius 3 is 2.38 bits per heavy atom. The third kappa shape index (κ3) is 3.14. The first kappa shape index (κ1) is 25.4. The summed E-state index contributed by atoms with van der Waals surface area (Å²) in [5, 5.41) is 10.2. The van der Waals surface area contributed by atoms with Crippen LogP contribution in [0, 0.1) is 5.82 Å². The van der Waals surface area contributed by atoms with E-state index >= 15 is 0 Å². The summed E-state index contributed by atoms with van der Waals surface area (Å²) in [5.41, 5.74) is -0.196. The molecule has 1 N–H and O–H groups in total. The first-order valence-electron chi connectivity index (χ1n) is 11.9. The van der Waals surface area contributed by atoms with Gasteiger partial charge in [-0.2, -0.15) is 0 Å².